The Morgan fingerprint density at radius 1 is 0.875 bits per heavy atom. The van der Waals surface area contributed by atoms with Crippen LogP contribution < -0.4 is 19.5 Å². The molecule has 0 heterocycles. The van der Waals surface area contributed by atoms with Gasteiger partial charge in [0.1, 0.15) is 5.75 Å². The Morgan fingerprint density at radius 2 is 1.50 bits per heavy atom. The lowest BCUT2D eigenvalue weighted by atomic mass is 9.83. The summed E-state index contributed by atoms with van der Waals surface area (Å²) in [7, 11) is 4.76. The molecule has 2 aromatic rings. The fourth-order valence-electron chi connectivity index (χ4n) is 2.32. The molecule has 1 N–H and O–H groups in total. The lowest BCUT2D eigenvalue weighted by molar-refractivity contribution is -0.120. The molecular weight excluding hydrogens is 306 g/mol. The molecule has 0 spiro atoms. The van der Waals surface area contributed by atoms with Crippen molar-refractivity contribution < 1.29 is 19.0 Å². The van der Waals surface area contributed by atoms with E-state index in [4.69, 9.17) is 14.2 Å². The molecule has 5 nitrogen and oxygen atoms in total. The number of anilines is 1. The third-order valence-electron chi connectivity index (χ3n) is 4.02. The summed E-state index contributed by atoms with van der Waals surface area (Å²) < 4.78 is 15.7. The van der Waals surface area contributed by atoms with Crippen molar-refractivity contribution in [3.8, 4) is 17.2 Å². The predicted octanol–water partition coefficient (Wildman–Crippen LogP) is 3.63. The first-order chi connectivity index (χ1) is 11.4. The number of rotatable bonds is 6. The smallest absolute Gasteiger partial charge is 0.234 e. The second-order valence-corrected chi connectivity index (χ2v) is 5.88. The van der Waals surface area contributed by atoms with Gasteiger partial charge in [0.2, 0.25) is 5.91 Å². The highest BCUT2D eigenvalue weighted by molar-refractivity contribution is 5.98. The van der Waals surface area contributed by atoms with Crippen LogP contribution in [-0.4, -0.2) is 27.2 Å². The summed E-state index contributed by atoms with van der Waals surface area (Å²) in [5.41, 5.74) is 0.819. The standard InChI is InChI=1S/C19H23NO4/c1-19(2,13-6-11-16(23-4)17(12-13)24-5)18(21)20-14-7-9-15(22-3)10-8-14/h6-12H,1-5H3,(H,20,21). The fourth-order valence-corrected chi connectivity index (χ4v) is 2.32. The number of nitrogens with one attached hydrogen (secondary N) is 1. The van der Waals surface area contributed by atoms with Gasteiger partial charge in [-0.15, -0.1) is 0 Å². The van der Waals surface area contributed by atoms with Crippen LogP contribution >= 0.6 is 0 Å². The second kappa shape index (κ2) is 7.25. The molecule has 0 aliphatic carbocycles. The number of ether oxygens (including phenoxy) is 3. The zero-order valence-electron chi connectivity index (χ0n) is 14.7. The highest BCUT2D eigenvalue weighted by Gasteiger charge is 2.30. The molecule has 2 rings (SSSR count). The van der Waals surface area contributed by atoms with E-state index in [-0.39, 0.29) is 5.91 Å². The van der Waals surface area contributed by atoms with Crippen molar-refractivity contribution >= 4 is 11.6 Å². The van der Waals surface area contributed by atoms with Crippen LogP contribution in [0.25, 0.3) is 0 Å². The van der Waals surface area contributed by atoms with E-state index in [2.05, 4.69) is 5.32 Å². The van der Waals surface area contributed by atoms with Crippen LogP contribution in [0.2, 0.25) is 0 Å². The lowest BCUT2D eigenvalue weighted by Gasteiger charge is -2.25. The number of amides is 1. The Balaban J connectivity index is 2.23. The van der Waals surface area contributed by atoms with Crippen LogP contribution in [0, 0.1) is 0 Å². The summed E-state index contributed by atoms with van der Waals surface area (Å²) in [6.07, 6.45) is 0. The van der Waals surface area contributed by atoms with Crippen LogP contribution in [0.3, 0.4) is 0 Å². The van der Waals surface area contributed by atoms with E-state index >= 15 is 0 Å². The van der Waals surface area contributed by atoms with Gasteiger partial charge >= 0.3 is 0 Å². The highest BCUT2D eigenvalue weighted by Crippen LogP contribution is 2.34. The van der Waals surface area contributed by atoms with Crippen molar-refractivity contribution in [2.75, 3.05) is 26.6 Å². The molecule has 0 bridgehead atoms. The average molecular weight is 329 g/mol. The summed E-state index contributed by atoms with van der Waals surface area (Å²) in [6.45, 7) is 3.74. The summed E-state index contributed by atoms with van der Waals surface area (Å²) in [5.74, 6) is 1.86. The minimum atomic E-state index is -0.737. The predicted molar refractivity (Wildman–Crippen MR) is 94.2 cm³/mol. The molecule has 1 amide bonds. The molecular formula is C19H23NO4. The number of carbonyl (C=O) groups excluding carboxylic acids is 1. The molecule has 128 valence electrons. The number of methoxy groups -OCH3 is 3. The molecule has 5 heteroatoms. The highest BCUT2D eigenvalue weighted by atomic mass is 16.5. The fraction of sp³-hybridized carbons (Fsp3) is 0.316. The quantitative estimate of drug-likeness (QED) is 0.879. The van der Waals surface area contributed by atoms with E-state index in [0.717, 1.165) is 11.3 Å². The molecule has 2 aromatic carbocycles. The Labute approximate surface area is 142 Å². The van der Waals surface area contributed by atoms with E-state index in [9.17, 15) is 4.79 Å². The molecule has 0 aliphatic heterocycles. The molecule has 0 fully saturated rings. The van der Waals surface area contributed by atoms with Gasteiger partial charge < -0.3 is 19.5 Å². The molecule has 0 aromatic heterocycles. The third-order valence-corrected chi connectivity index (χ3v) is 4.02. The first kappa shape index (κ1) is 17.7. The van der Waals surface area contributed by atoms with Crippen LogP contribution in [0.1, 0.15) is 19.4 Å². The SMILES string of the molecule is COc1ccc(NC(=O)C(C)(C)c2ccc(OC)c(OC)c2)cc1. The van der Waals surface area contributed by atoms with Gasteiger partial charge in [0, 0.05) is 5.69 Å². The van der Waals surface area contributed by atoms with E-state index in [1.54, 1.807) is 51.7 Å². The van der Waals surface area contributed by atoms with Crippen molar-refractivity contribution in [2.45, 2.75) is 19.3 Å². The molecule has 0 saturated heterocycles. The average Bonchev–Trinajstić information content (AvgIpc) is 2.61. The normalized spacial score (nSPS) is 10.9. The third kappa shape index (κ3) is 3.62. The minimum Gasteiger partial charge on any atom is -0.497 e. The van der Waals surface area contributed by atoms with E-state index in [1.807, 2.05) is 26.0 Å². The van der Waals surface area contributed by atoms with E-state index < -0.39 is 5.41 Å². The number of hydrogen-bond acceptors (Lipinski definition) is 4. The van der Waals surface area contributed by atoms with Gasteiger partial charge in [0.25, 0.3) is 0 Å². The molecule has 24 heavy (non-hydrogen) atoms. The summed E-state index contributed by atoms with van der Waals surface area (Å²) in [4.78, 5) is 12.7. The van der Waals surface area contributed by atoms with Gasteiger partial charge in [0.15, 0.2) is 11.5 Å². The monoisotopic (exact) mass is 329 g/mol. The summed E-state index contributed by atoms with van der Waals surface area (Å²) in [5, 5.41) is 2.93. The maximum Gasteiger partial charge on any atom is 0.234 e. The molecule has 0 radical (unpaired) electrons. The van der Waals surface area contributed by atoms with Gasteiger partial charge in [0.05, 0.1) is 26.7 Å². The van der Waals surface area contributed by atoms with Gasteiger partial charge in [-0.2, -0.15) is 0 Å². The zero-order valence-corrected chi connectivity index (χ0v) is 14.7. The van der Waals surface area contributed by atoms with Crippen LogP contribution in [0.15, 0.2) is 42.5 Å². The maximum atomic E-state index is 12.7. The molecule has 0 saturated carbocycles. The molecule has 0 unspecified atom stereocenters. The number of carbonyl (C=O) groups is 1. The lowest BCUT2D eigenvalue weighted by Crippen LogP contribution is -2.34. The van der Waals surface area contributed by atoms with Gasteiger partial charge in [-0.25, -0.2) is 0 Å². The van der Waals surface area contributed by atoms with Crippen LogP contribution in [0.4, 0.5) is 5.69 Å². The van der Waals surface area contributed by atoms with Crippen LogP contribution in [-0.2, 0) is 10.2 Å². The van der Waals surface area contributed by atoms with E-state index in [1.165, 1.54) is 0 Å². The summed E-state index contributed by atoms with van der Waals surface area (Å²) >= 11 is 0. The Bertz CT molecular complexity index is 708. The van der Waals surface area contributed by atoms with Crippen molar-refractivity contribution in [1.29, 1.82) is 0 Å². The molecule has 0 atom stereocenters. The van der Waals surface area contributed by atoms with E-state index in [0.29, 0.717) is 17.2 Å². The Kier molecular flexibility index (Phi) is 5.34. The van der Waals surface area contributed by atoms with Crippen molar-refractivity contribution in [1.82, 2.24) is 0 Å². The van der Waals surface area contributed by atoms with Gasteiger partial charge in [-0.1, -0.05) is 6.07 Å². The summed E-state index contributed by atoms with van der Waals surface area (Å²) in [6, 6.07) is 12.7. The number of benzene rings is 2. The minimum absolute atomic E-state index is 0.111. The first-order valence-corrected chi connectivity index (χ1v) is 7.60. The largest absolute Gasteiger partial charge is 0.497 e. The van der Waals surface area contributed by atoms with Gasteiger partial charge in [-0.05, 0) is 55.8 Å². The maximum absolute atomic E-state index is 12.7. The Hall–Kier alpha value is -2.69. The van der Waals surface area contributed by atoms with Crippen molar-refractivity contribution in [3.63, 3.8) is 0 Å². The second-order valence-electron chi connectivity index (χ2n) is 5.88. The zero-order chi connectivity index (χ0) is 17.7. The number of hydrogen-bond donors (Lipinski definition) is 1. The van der Waals surface area contributed by atoms with Crippen LogP contribution in [0.5, 0.6) is 17.2 Å². The van der Waals surface area contributed by atoms with Crippen molar-refractivity contribution in [2.24, 2.45) is 0 Å². The van der Waals surface area contributed by atoms with Crippen molar-refractivity contribution in [3.05, 3.63) is 48.0 Å². The topological polar surface area (TPSA) is 56.8 Å². The van der Waals surface area contributed by atoms with Gasteiger partial charge in [-0.3, -0.25) is 4.79 Å². The Morgan fingerprint density at radius 3 is 2.04 bits per heavy atom. The first-order valence-electron chi connectivity index (χ1n) is 7.60. The molecule has 0 aliphatic rings.